The van der Waals surface area contributed by atoms with Crippen LogP contribution in [0, 0.1) is 0 Å². The van der Waals surface area contributed by atoms with Gasteiger partial charge in [-0.25, -0.2) is 0 Å². The zero-order valence-electron chi connectivity index (χ0n) is 10.9. The first-order valence-electron chi connectivity index (χ1n) is 6.72. The molecule has 1 aliphatic rings. The van der Waals surface area contributed by atoms with Crippen molar-refractivity contribution in [1.82, 2.24) is 10.3 Å². The third-order valence-electron chi connectivity index (χ3n) is 3.73. The van der Waals surface area contributed by atoms with Crippen molar-refractivity contribution in [3.05, 3.63) is 50.4 Å². The molecule has 0 aliphatic heterocycles. The molecule has 0 fully saturated rings. The first-order chi connectivity index (χ1) is 9.29. The molecule has 1 aliphatic carbocycles. The summed E-state index contributed by atoms with van der Waals surface area (Å²) in [6.45, 7) is 3.16. The lowest BCUT2D eigenvalue weighted by molar-refractivity contribution is 0.453. The Morgan fingerprint density at radius 1 is 1.47 bits per heavy atom. The lowest BCUT2D eigenvalue weighted by atomic mass is 9.95. The van der Waals surface area contributed by atoms with E-state index in [2.05, 4.69) is 51.4 Å². The fourth-order valence-corrected chi connectivity index (χ4v) is 4.49. The molecule has 0 aromatic carbocycles. The minimum Gasteiger partial charge on any atom is -0.309 e. The number of hydrogen-bond donors (Lipinski definition) is 1. The van der Waals surface area contributed by atoms with Crippen molar-refractivity contribution >= 4 is 27.3 Å². The van der Waals surface area contributed by atoms with E-state index in [0.29, 0.717) is 12.0 Å². The molecular formula is C15H17BrN2S. The van der Waals surface area contributed by atoms with Crippen LogP contribution in [-0.4, -0.2) is 11.5 Å². The second kappa shape index (κ2) is 5.73. The number of rotatable bonds is 4. The number of hydrogen-bond acceptors (Lipinski definition) is 3. The molecule has 2 aromatic heterocycles. The third-order valence-corrected chi connectivity index (χ3v) is 5.44. The van der Waals surface area contributed by atoms with E-state index in [9.17, 15) is 0 Å². The number of pyridine rings is 1. The van der Waals surface area contributed by atoms with Crippen molar-refractivity contribution in [2.75, 3.05) is 6.54 Å². The molecule has 1 N–H and O–H groups in total. The van der Waals surface area contributed by atoms with Crippen molar-refractivity contribution in [2.45, 2.75) is 31.7 Å². The smallest absolute Gasteiger partial charge is 0.0701 e. The van der Waals surface area contributed by atoms with E-state index in [0.717, 1.165) is 13.0 Å². The van der Waals surface area contributed by atoms with Gasteiger partial charge >= 0.3 is 0 Å². The average molecular weight is 337 g/mol. The Morgan fingerprint density at radius 2 is 2.37 bits per heavy atom. The number of aromatic nitrogens is 1. The summed E-state index contributed by atoms with van der Waals surface area (Å²) in [6, 6.07) is 9.01. The molecule has 0 spiro atoms. The topological polar surface area (TPSA) is 24.9 Å². The van der Waals surface area contributed by atoms with Crippen LogP contribution in [0.15, 0.2) is 34.2 Å². The second-order valence-corrected chi connectivity index (χ2v) is 7.36. The third kappa shape index (κ3) is 2.62. The number of fused-ring (bicyclic) bond motifs is 1. The van der Waals surface area contributed by atoms with Gasteiger partial charge in [0.05, 0.1) is 3.79 Å². The van der Waals surface area contributed by atoms with Crippen molar-refractivity contribution in [2.24, 2.45) is 0 Å². The fourth-order valence-electron chi connectivity index (χ4n) is 2.92. The van der Waals surface area contributed by atoms with E-state index in [4.69, 9.17) is 0 Å². The van der Waals surface area contributed by atoms with Gasteiger partial charge in [0.15, 0.2) is 0 Å². The molecule has 2 atom stereocenters. The number of nitrogens with one attached hydrogen (secondary N) is 1. The molecule has 0 saturated carbocycles. The largest absolute Gasteiger partial charge is 0.309 e. The average Bonchev–Trinajstić information content (AvgIpc) is 3.03. The van der Waals surface area contributed by atoms with Crippen LogP contribution in [0.5, 0.6) is 0 Å². The zero-order chi connectivity index (χ0) is 13.2. The van der Waals surface area contributed by atoms with Gasteiger partial charge in [0.25, 0.3) is 0 Å². The minimum absolute atomic E-state index is 0.387. The number of aryl methyl sites for hydroxylation is 1. The molecule has 0 saturated heterocycles. The van der Waals surface area contributed by atoms with Crippen LogP contribution >= 0.6 is 27.3 Å². The Labute approximate surface area is 126 Å². The molecular weight excluding hydrogens is 320 g/mol. The highest BCUT2D eigenvalue weighted by molar-refractivity contribution is 9.11. The molecule has 100 valence electrons. The standard InChI is InChI=1S/C15H17BrN2S/c1-2-17-15(12-7-8-13(16)19-12)11-6-5-10-4-3-9-18-14(10)11/h3-4,7-9,11,15,17H,2,5-6H2,1H3. The zero-order valence-corrected chi connectivity index (χ0v) is 13.3. The van der Waals surface area contributed by atoms with Crippen molar-refractivity contribution in [1.29, 1.82) is 0 Å². The number of nitrogens with zero attached hydrogens (tertiary/aromatic N) is 1. The molecule has 19 heavy (non-hydrogen) atoms. The molecule has 2 heterocycles. The van der Waals surface area contributed by atoms with Crippen LogP contribution in [0.1, 0.15) is 41.4 Å². The SMILES string of the molecule is CCNC(c1ccc(Br)s1)C1CCc2cccnc21. The fraction of sp³-hybridized carbons (Fsp3) is 0.400. The number of likely N-dealkylation sites (N-methyl/N-ethyl adjacent to an activating group) is 1. The number of thiophene rings is 1. The van der Waals surface area contributed by atoms with Gasteiger partial charge in [0, 0.05) is 28.7 Å². The molecule has 0 amide bonds. The lowest BCUT2D eigenvalue weighted by Gasteiger charge is -2.23. The van der Waals surface area contributed by atoms with E-state index >= 15 is 0 Å². The summed E-state index contributed by atoms with van der Waals surface area (Å²) in [5, 5.41) is 3.64. The summed E-state index contributed by atoms with van der Waals surface area (Å²) >= 11 is 5.39. The Hall–Kier alpha value is -0.710. The Balaban J connectivity index is 1.94. The van der Waals surface area contributed by atoms with Gasteiger partial charge in [-0.2, -0.15) is 0 Å². The van der Waals surface area contributed by atoms with Crippen LogP contribution < -0.4 is 5.32 Å². The maximum atomic E-state index is 4.63. The lowest BCUT2D eigenvalue weighted by Crippen LogP contribution is -2.25. The van der Waals surface area contributed by atoms with Gasteiger partial charge < -0.3 is 5.32 Å². The monoisotopic (exact) mass is 336 g/mol. The van der Waals surface area contributed by atoms with E-state index in [1.807, 2.05) is 23.6 Å². The molecule has 0 bridgehead atoms. The second-order valence-electron chi connectivity index (χ2n) is 4.87. The summed E-state index contributed by atoms with van der Waals surface area (Å²) in [5.41, 5.74) is 2.71. The Morgan fingerprint density at radius 3 is 3.11 bits per heavy atom. The summed E-state index contributed by atoms with van der Waals surface area (Å²) in [4.78, 5) is 6.03. The van der Waals surface area contributed by atoms with Crippen LogP contribution in [0.4, 0.5) is 0 Å². The van der Waals surface area contributed by atoms with Crippen LogP contribution in [0.3, 0.4) is 0 Å². The summed E-state index contributed by atoms with van der Waals surface area (Å²) in [6.07, 6.45) is 4.27. The van der Waals surface area contributed by atoms with Gasteiger partial charge in [-0.3, -0.25) is 4.98 Å². The van der Waals surface area contributed by atoms with Crippen LogP contribution in [0.2, 0.25) is 0 Å². The van der Waals surface area contributed by atoms with E-state index in [-0.39, 0.29) is 0 Å². The minimum atomic E-state index is 0.387. The molecule has 2 unspecified atom stereocenters. The number of halogens is 1. The van der Waals surface area contributed by atoms with Crippen molar-refractivity contribution < 1.29 is 0 Å². The maximum Gasteiger partial charge on any atom is 0.0701 e. The Kier molecular flexibility index (Phi) is 4.01. The van der Waals surface area contributed by atoms with Crippen LogP contribution in [-0.2, 0) is 6.42 Å². The molecule has 0 radical (unpaired) electrons. The predicted octanol–water partition coefficient (Wildman–Crippen LogP) is 4.29. The van der Waals surface area contributed by atoms with Gasteiger partial charge in [-0.15, -0.1) is 11.3 Å². The van der Waals surface area contributed by atoms with E-state index < -0.39 is 0 Å². The van der Waals surface area contributed by atoms with Crippen molar-refractivity contribution in [3.8, 4) is 0 Å². The first kappa shape index (κ1) is 13.3. The van der Waals surface area contributed by atoms with E-state index in [1.54, 1.807) is 0 Å². The molecule has 3 rings (SSSR count). The van der Waals surface area contributed by atoms with Gasteiger partial charge in [-0.1, -0.05) is 13.0 Å². The quantitative estimate of drug-likeness (QED) is 0.900. The predicted molar refractivity (Wildman–Crippen MR) is 83.7 cm³/mol. The Bertz CT molecular complexity index is 567. The van der Waals surface area contributed by atoms with Gasteiger partial charge in [0.1, 0.15) is 0 Å². The molecule has 2 nitrogen and oxygen atoms in total. The maximum absolute atomic E-state index is 4.63. The highest BCUT2D eigenvalue weighted by Gasteiger charge is 2.32. The highest BCUT2D eigenvalue weighted by atomic mass is 79.9. The highest BCUT2D eigenvalue weighted by Crippen LogP contribution is 2.42. The van der Waals surface area contributed by atoms with E-state index in [1.165, 1.54) is 26.3 Å². The summed E-state index contributed by atoms with van der Waals surface area (Å²) in [5.74, 6) is 0.502. The van der Waals surface area contributed by atoms with Gasteiger partial charge in [0.2, 0.25) is 0 Å². The van der Waals surface area contributed by atoms with Crippen LogP contribution in [0.25, 0.3) is 0 Å². The first-order valence-corrected chi connectivity index (χ1v) is 8.33. The molecule has 4 heteroatoms. The molecule has 2 aromatic rings. The summed E-state index contributed by atoms with van der Waals surface area (Å²) in [7, 11) is 0. The van der Waals surface area contributed by atoms with Gasteiger partial charge in [-0.05, 0) is 59.1 Å². The summed E-state index contributed by atoms with van der Waals surface area (Å²) < 4.78 is 1.20. The normalized spacial score (nSPS) is 19.4. The van der Waals surface area contributed by atoms with Crippen molar-refractivity contribution in [3.63, 3.8) is 0 Å².